The molecule has 2 aliphatic rings. The van der Waals surface area contributed by atoms with Gasteiger partial charge in [0.25, 0.3) is 0 Å². The zero-order valence-corrected chi connectivity index (χ0v) is 12.5. The third-order valence-electron chi connectivity index (χ3n) is 3.43. The van der Waals surface area contributed by atoms with E-state index in [1.807, 2.05) is 11.8 Å². The first-order chi connectivity index (χ1) is 9.45. The largest absolute Gasteiger partial charge is 0.136 e. The van der Waals surface area contributed by atoms with Crippen molar-refractivity contribution < 1.29 is 0 Å². The van der Waals surface area contributed by atoms with Gasteiger partial charge in [0.05, 0.1) is 11.5 Å². The van der Waals surface area contributed by atoms with Gasteiger partial charge in [-0.25, -0.2) is 0 Å². The lowest BCUT2D eigenvalue weighted by atomic mass is 10.0. The number of hydrogen-bond donors (Lipinski definition) is 0. The van der Waals surface area contributed by atoms with Crippen LogP contribution in [-0.4, -0.2) is 11.5 Å². The Morgan fingerprint density at radius 1 is 0.789 bits per heavy atom. The van der Waals surface area contributed by atoms with Crippen LogP contribution in [-0.2, 0) is 0 Å². The molecule has 0 spiro atoms. The van der Waals surface area contributed by atoms with Gasteiger partial charge in [-0.1, -0.05) is 35.8 Å². The van der Waals surface area contributed by atoms with Crippen LogP contribution in [0.2, 0.25) is 0 Å². The molecule has 2 rings (SSSR count). The minimum Gasteiger partial charge on any atom is -0.136 e. The maximum atomic E-state index is 3.29. The van der Waals surface area contributed by atoms with Crippen molar-refractivity contribution in [2.75, 3.05) is 11.5 Å². The molecule has 0 N–H and O–H groups in total. The summed E-state index contributed by atoms with van der Waals surface area (Å²) in [6.07, 6.45) is 14.7. The summed E-state index contributed by atoms with van der Waals surface area (Å²) < 4.78 is 0. The third-order valence-corrected chi connectivity index (χ3v) is 4.13. The Morgan fingerprint density at radius 3 is 1.74 bits per heavy atom. The van der Waals surface area contributed by atoms with Gasteiger partial charge in [0.1, 0.15) is 0 Å². The Hall–Kier alpha value is -1.05. The number of hydrogen-bond acceptors (Lipinski definition) is 1. The SMILES string of the molecule is C(#CC1=CCCCC1)CSCC#CC1=CCCCC1. The molecule has 0 saturated carbocycles. The molecule has 0 fully saturated rings. The second-order valence-corrected chi connectivity index (χ2v) is 6.03. The van der Waals surface area contributed by atoms with Crippen molar-refractivity contribution in [2.45, 2.75) is 51.4 Å². The molecule has 1 heteroatoms. The molecule has 0 aromatic rings. The molecule has 0 saturated heterocycles. The summed E-state index contributed by atoms with van der Waals surface area (Å²) in [4.78, 5) is 0. The molecule has 2 aliphatic carbocycles. The normalized spacial score (nSPS) is 18.3. The van der Waals surface area contributed by atoms with Gasteiger partial charge in [-0.2, -0.15) is 0 Å². The summed E-state index contributed by atoms with van der Waals surface area (Å²) in [5, 5.41) is 0. The van der Waals surface area contributed by atoms with Crippen LogP contribution in [0.4, 0.5) is 0 Å². The topological polar surface area (TPSA) is 0 Å². The monoisotopic (exact) mass is 270 g/mol. The van der Waals surface area contributed by atoms with Gasteiger partial charge in [-0.15, -0.1) is 11.8 Å². The van der Waals surface area contributed by atoms with Crippen molar-refractivity contribution in [3.63, 3.8) is 0 Å². The van der Waals surface area contributed by atoms with Crippen LogP contribution >= 0.6 is 11.8 Å². The van der Waals surface area contributed by atoms with Crippen molar-refractivity contribution in [1.82, 2.24) is 0 Å². The molecule has 0 unspecified atom stereocenters. The lowest BCUT2D eigenvalue weighted by Crippen LogP contribution is -1.89. The predicted molar refractivity (Wildman–Crippen MR) is 86.0 cm³/mol. The van der Waals surface area contributed by atoms with E-state index in [2.05, 4.69) is 35.8 Å². The molecule has 0 aliphatic heterocycles. The first-order valence-corrected chi connectivity index (χ1v) is 8.54. The molecule has 0 bridgehead atoms. The van der Waals surface area contributed by atoms with Crippen molar-refractivity contribution in [3.8, 4) is 23.7 Å². The van der Waals surface area contributed by atoms with Gasteiger partial charge in [-0.3, -0.25) is 0 Å². The fourth-order valence-corrected chi connectivity index (χ4v) is 2.81. The molecular formula is C18H22S. The van der Waals surface area contributed by atoms with Crippen LogP contribution in [0.25, 0.3) is 0 Å². The van der Waals surface area contributed by atoms with Crippen LogP contribution in [0.15, 0.2) is 23.3 Å². The van der Waals surface area contributed by atoms with Crippen molar-refractivity contribution in [3.05, 3.63) is 23.3 Å². The van der Waals surface area contributed by atoms with E-state index in [4.69, 9.17) is 0 Å². The average Bonchev–Trinajstić information content (AvgIpc) is 2.48. The fourth-order valence-electron chi connectivity index (χ4n) is 2.36. The second kappa shape index (κ2) is 8.95. The highest BCUT2D eigenvalue weighted by Crippen LogP contribution is 2.17. The van der Waals surface area contributed by atoms with Crippen LogP contribution in [0.5, 0.6) is 0 Å². The Bertz CT molecular complexity index is 415. The van der Waals surface area contributed by atoms with E-state index in [9.17, 15) is 0 Å². The molecule has 0 heterocycles. The zero-order chi connectivity index (χ0) is 13.2. The summed E-state index contributed by atoms with van der Waals surface area (Å²) in [6.45, 7) is 0. The lowest BCUT2D eigenvalue weighted by Gasteiger charge is -2.05. The fraction of sp³-hybridized carbons (Fsp3) is 0.556. The minimum absolute atomic E-state index is 0.908. The number of thioether (sulfide) groups is 1. The summed E-state index contributed by atoms with van der Waals surface area (Å²) >= 11 is 1.83. The molecule has 100 valence electrons. The molecule has 0 aromatic carbocycles. The Morgan fingerprint density at radius 2 is 1.32 bits per heavy atom. The minimum atomic E-state index is 0.908. The second-order valence-electron chi connectivity index (χ2n) is 5.05. The Balaban J connectivity index is 1.62. The maximum Gasteiger partial charge on any atom is 0.0560 e. The van der Waals surface area contributed by atoms with Crippen molar-refractivity contribution in [1.29, 1.82) is 0 Å². The quantitative estimate of drug-likeness (QED) is 0.516. The summed E-state index contributed by atoms with van der Waals surface area (Å²) in [7, 11) is 0. The van der Waals surface area contributed by atoms with E-state index in [1.54, 1.807) is 0 Å². The van der Waals surface area contributed by atoms with Gasteiger partial charge in [0.2, 0.25) is 0 Å². The van der Waals surface area contributed by atoms with E-state index in [1.165, 1.54) is 62.5 Å². The molecule has 0 amide bonds. The zero-order valence-electron chi connectivity index (χ0n) is 11.6. The van der Waals surface area contributed by atoms with Crippen molar-refractivity contribution in [2.24, 2.45) is 0 Å². The highest BCUT2D eigenvalue weighted by atomic mass is 32.2. The van der Waals surface area contributed by atoms with E-state index in [0.29, 0.717) is 0 Å². The highest BCUT2D eigenvalue weighted by molar-refractivity contribution is 7.99. The average molecular weight is 270 g/mol. The summed E-state index contributed by atoms with van der Waals surface area (Å²) in [5.41, 5.74) is 2.70. The van der Waals surface area contributed by atoms with Gasteiger partial charge in [-0.05, 0) is 62.5 Å². The summed E-state index contributed by atoms with van der Waals surface area (Å²) in [6, 6.07) is 0. The van der Waals surface area contributed by atoms with Crippen LogP contribution < -0.4 is 0 Å². The first kappa shape index (κ1) is 14.4. The molecule has 0 atom stereocenters. The molecule has 19 heavy (non-hydrogen) atoms. The molecule has 0 nitrogen and oxygen atoms in total. The van der Waals surface area contributed by atoms with E-state index in [0.717, 1.165) is 11.5 Å². The van der Waals surface area contributed by atoms with Crippen LogP contribution in [0, 0.1) is 23.7 Å². The van der Waals surface area contributed by atoms with E-state index in [-0.39, 0.29) is 0 Å². The predicted octanol–water partition coefficient (Wildman–Crippen LogP) is 4.73. The highest BCUT2D eigenvalue weighted by Gasteiger charge is 1.99. The molecule has 0 aromatic heterocycles. The van der Waals surface area contributed by atoms with Crippen molar-refractivity contribution >= 4 is 11.8 Å². The first-order valence-electron chi connectivity index (χ1n) is 7.39. The van der Waals surface area contributed by atoms with Gasteiger partial charge in [0, 0.05) is 0 Å². The Labute approximate surface area is 122 Å². The van der Waals surface area contributed by atoms with Gasteiger partial charge in [0.15, 0.2) is 0 Å². The maximum absolute atomic E-state index is 3.29. The number of rotatable bonds is 2. The van der Waals surface area contributed by atoms with E-state index < -0.39 is 0 Å². The molecule has 0 radical (unpaired) electrons. The van der Waals surface area contributed by atoms with Crippen LogP contribution in [0.3, 0.4) is 0 Å². The van der Waals surface area contributed by atoms with Crippen LogP contribution in [0.1, 0.15) is 51.4 Å². The standard InChI is InChI=1S/C18H22S/c1-3-9-17(10-4-1)13-7-15-19-16-8-14-18-11-5-2-6-12-18/h9,11H,1-6,10,12,15-16H2. The molecular weight excluding hydrogens is 248 g/mol. The lowest BCUT2D eigenvalue weighted by molar-refractivity contribution is 0.715. The Kier molecular flexibility index (Phi) is 6.76. The third kappa shape index (κ3) is 6.09. The van der Waals surface area contributed by atoms with Gasteiger partial charge >= 0.3 is 0 Å². The van der Waals surface area contributed by atoms with E-state index >= 15 is 0 Å². The smallest absolute Gasteiger partial charge is 0.0560 e. The summed E-state index contributed by atoms with van der Waals surface area (Å²) in [5.74, 6) is 14.9. The van der Waals surface area contributed by atoms with Gasteiger partial charge < -0.3 is 0 Å². The number of allylic oxidation sites excluding steroid dienone is 4.